The zero-order valence-electron chi connectivity index (χ0n) is 11.6. The first-order valence-electron chi connectivity index (χ1n) is 7.05. The molecule has 0 saturated carbocycles. The van der Waals surface area contributed by atoms with Crippen LogP contribution in [0.3, 0.4) is 0 Å². The maximum atomic E-state index is 9.68. The molecule has 1 fully saturated rings. The van der Waals surface area contributed by atoms with E-state index in [-0.39, 0.29) is 13.2 Å². The lowest BCUT2D eigenvalue weighted by atomic mass is 10.1. The van der Waals surface area contributed by atoms with E-state index in [1.54, 1.807) is 0 Å². The summed E-state index contributed by atoms with van der Waals surface area (Å²) in [5.41, 5.74) is 0. The maximum Gasteiger partial charge on any atom is 0.114 e. The van der Waals surface area contributed by atoms with Crippen LogP contribution in [0.1, 0.15) is 32.6 Å². The van der Waals surface area contributed by atoms with Gasteiger partial charge in [0.25, 0.3) is 0 Å². The molecule has 112 valence electrons. The molecule has 0 radical (unpaired) electrons. The van der Waals surface area contributed by atoms with Gasteiger partial charge in [-0.25, -0.2) is 0 Å². The Bertz CT molecular complexity index is 256. The van der Waals surface area contributed by atoms with Crippen LogP contribution in [0.4, 0.5) is 0 Å². The third-order valence-corrected chi connectivity index (χ3v) is 3.21. The number of allylic oxidation sites excluding steroid dienone is 2. The molecule has 0 aliphatic carbocycles. The van der Waals surface area contributed by atoms with Crippen LogP contribution in [0, 0.1) is 0 Å². The fourth-order valence-electron chi connectivity index (χ4n) is 2.04. The average Bonchev–Trinajstić information content (AvgIpc) is 2.74. The van der Waals surface area contributed by atoms with Gasteiger partial charge in [-0.15, -0.1) is 0 Å². The molecule has 5 nitrogen and oxygen atoms in total. The molecule has 1 aliphatic rings. The van der Waals surface area contributed by atoms with E-state index in [1.807, 2.05) is 0 Å². The molecular formula is C14H26O5. The summed E-state index contributed by atoms with van der Waals surface area (Å²) in [5, 5.41) is 28.3. The Morgan fingerprint density at radius 2 is 2.05 bits per heavy atom. The summed E-state index contributed by atoms with van der Waals surface area (Å²) in [5.74, 6) is 0. The molecule has 0 unspecified atom stereocenters. The van der Waals surface area contributed by atoms with Gasteiger partial charge in [0.1, 0.15) is 24.4 Å². The van der Waals surface area contributed by atoms with E-state index >= 15 is 0 Å². The van der Waals surface area contributed by atoms with Crippen LogP contribution in [0.5, 0.6) is 0 Å². The van der Waals surface area contributed by atoms with Crippen LogP contribution in [-0.2, 0) is 9.47 Å². The number of hydrogen-bond acceptors (Lipinski definition) is 5. The number of ether oxygens (including phenoxy) is 2. The van der Waals surface area contributed by atoms with Crippen molar-refractivity contribution in [2.24, 2.45) is 0 Å². The van der Waals surface area contributed by atoms with Gasteiger partial charge in [-0.3, -0.25) is 0 Å². The summed E-state index contributed by atoms with van der Waals surface area (Å²) in [6.07, 6.45) is 5.24. The molecule has 0 aromatic rings. The summed E-state index contributed by atoms with van der Waals surface area (Å²) in [4.78, 5) is 0. The van der Waals surface area contributed by atoms with Gasteiger partial charge in [0.2, 0.25) is 0 Å². The summed E-state index contributed by atoms with van der Waals surface area (Å²) in [6.45, 7) is 2.51. The van der Waals surface area contributed by atoms with E-state index in [9.17, 15) is 15.3 Å². The second-order valence-electron chi connectivity index (χ2n) is 4.85. The monoisotopic (exact) mass is 274 g/mol. The lowest BCUT2D eigenvalue weighted by Crippen LogP contribution is -2.42. The first-order valence-corrected chi connectivity index (χ1v) is 7.05. The molecule has 1 aliphatic heterocycles. The zero-order valence-corrected chi connectivity index (χ0v) is 11.6. The Kier molecular flexibility index (Phi) is 8.25. The molecule has 0 amide bonds. The van der Waals surface area contributed by atoms with Crippen molar-refractivity contribution in [1.82, 2.24) is 0 Å². The predicted octanol–water partition coefficient (Wildman–Crippen LogP) is 0.621. The van der Waals surface area contributed by atoms with Gasteiger partial charge >= 0.3 is 0 Å². The van der Waals surface area contributed by atoms with Crippen LogP contribution in [0.2, 0.25) is 0 Å². The van der Waals surface area contributed by atoms with Crippen molar-refractivity contribution in [1.29, 1.82) is 0 Å². The molecule has 0 aromatic heterocycles. The van der Waals surface area contributed by atoms with E-state index in [1.165, 1.54) is 0 Å². The van der Waals surface area contributed by atoms with Crippen molar-refractivity contribution < 1.29 is 24.8 Å². The predicted molar refractivity (Wildman–Crippen MR) is 71.9 cm³/mol. The molecule has 0 aromatic carbocycles. The van der Waals surface area contributed by atoms with Gasteiger partial charge in [-0.05, 0) is 19.3 Å². The summed E-state index contributed by atoms with van der Waals surface area (Å²) < 4.78 is 10.8. The maximum absolute atomic E-state index is 9.68. The largest absolute Gasteiger partial charge is 0.394 e. The molecule has 0 bridgehead atoms. The van der Waals surface area contributed by atoms with Crippen LogP contribution < -0.4 is 0 Å². The number of rotatable bonds is 9. The lowest BCUT2D eigenvalue weighted by molar-refractivity contribution is -0.101. The van der Waals surface area contributed by atoms with Crippen molar-refractivity contribution in [2.75, 3.05) is 19.8 Å². The van der Waals surface area contributed by atoms with E-state index in [0.29, 0.717) is 6.61 Å². The summed E-state index contributed by atoms with van der Waals surface area (Å²) >= 11 is 0. The van der Waals surface area contributed by atoms with E-state index in [0.717, 1.165) is 25.7 Å². The number of hydrogen-bond donors (Lipinski definition) is 3. The highest BCUT2D eigenvalue weighted by Gasteiger charge is 2.40. The lowest BCUT2D eigenvalue weighted by Gasteiger charge is -2.24. The quantitative estimate of drug-likeness (QED) is 0.424. The zero-order chi connectivity index (χ0) is 14.1. The molecule has 4 atom stereocenters. The Morgan fingerprint density at radius 1 is 1.32 bits per heavy atom. The second-order valence-corrected chi connectivity index (χ2v) is 4.85. The van der Waals surface area contributed by atoms with Gasteiger partial charge in [-0.1, -0.05) is 25.5 Å². The smallest absolute Gasteiger partial charge is 0.114 e. The fraction of sp³-hybridized carbons (Fsp3) is 0.857. The number of aliphatic hydroxyl groups excluding tert-OH is 3. The first kappa shape index (κ1) is 16.6. The standard InChI is InChI=1S/C14H26O5/c1-2-3-4-5-6-7-8-18-12(9-15)14-13(17)11(16)10-19-14/h4-5,11-17H,2-3,6-10H2,1H3/b5-4+/t11-,12+,13-,14-/m1/s1. The third kappa shape index (κ3) is 5.58. The van der Waals surface area contributed by atoms with Crippen molar-refractivity contribution in [3.05, 3.63) is 12.2 Å². The molecule has 1 rings (SSSR count). The molecule has 1 heterocycles. The van der Waals surface area contributed by atoms with Gasteiger partial charge in [0.15, 0.2) is 0 Å². The topological polar surface area (TPSA) is 79.2 Å². The molecule has 19 heavy (non-hydrogen) atoms. The Labute approximate surface area is 114 Å². The normalized spacial score (nSPS) is 29.2. The van der Waals surface area contributed by atoms with Gasteiger partial charge in [0.05, 0.1) is 13.2 Å². The third-order valence-electron chi connectivity index (χ3n) is 3.21. The van der Waals surface area contributed by atoms with Crippen molar-refractivity contribution in [3.63, 3.8) is 0 Å². The Hall–Kier alpha value is -0.460. The van der Waals surface area contributed by atoms with Crippen molar-refractivity contribution in [3.8, 4) is 0 Å². The molecule has 3 N–H and O–H groups in total. The van der Waals surface area contributed by atoms with E-state index in [2.05, 4.69) is 19.1 Å². The minimum Gasteiger partial charge on any atom is -0.394 e. The second kappa shape index (κ2) is 9.44. The number of aliphatic hydroxyl groups is 3. The van der Waals surface area contributed by atoms with Crippen molar-refractivity contribution >= 4 is 0 Å². The average molecular weight is 274 g/mol. The molecular weight excluding hydrogens is 248 g/mol. The first-order chi connectivity index (χ1) is 9.20. The Morgan fingerprint density at radius 3 is 2.63 bits per heavy atom. The summed E-state index contributed by atoms with van der Waals surface area (Å²) in [7, 11) is 0. The summed E-state index contributed by atoms with van der Waals surface area (Å²) in [6, 6.07) is 0. The Balaban J connectivity index is 2.18. The number of unbranched alkanes of at least 4 members (excludes halogenated alkanes) is 2. The SMILES string of the molecule is CCC/C=C/CCCO[C@@H](CO)[C@H]1OC[C@@H](O)[C@H]1O. The van der Waals surface area contributed by atoms with E-state index < -0.39 is 24.4 Å². The minimum atomic E-state index is -0.985. The van der Waals surface area contributed by atoms with Gasteiger partial charge in [-0.2, -0.15) is 0 Å². The fourth-order valence-corrected chi connectivity index (χ4v) is 2.04. The highest BCUT2D eigenvalue weighted by Crippen LogP contribution is 2.19. The van der Waals surface area contributed by atoms with Gasteiger partial charge in [0, 0.05) is 6.61 Å². The molecule has 1 saturated heterocycles. The minimum absolute atomic E-state index is 0.0887. The van der Waals surface area contributed by atoms with Crippen LogP contribution >= 0.6 is 0 Å². The molecule has 0 spiro atoms. The van der Waals surface area contributed by atoms with Crippen LogP contribution in [0.15, 0.2) is 12.2 Å². The van der Waals surface area contributed by atoms with Gasteiger partial charge < -0.3 is 24.8 Å². The van der Waals surface area contributed by atoms with Crippen LogP contribution in [-0.4, -0.2) is 59.6 Å². The van der Waals surface area contributed by atoms with E-state index in [4.69, 9.17) is 9.47 Å². The highest BCUT2D eigenvalue weighted by molar-refractivity contribution is 4.88. The highest BCUT2D eigenvalue weighted by atomic mass is 16.6. The van der Waals surface area contributed by atoms with Crippen LogP contribution in [0.25, 0.3) is 0 Å². The van der Waals surface area contributed by atoms with Crippen molar-refractivity contribution in [2.45, 2.75) is 57.0 Å². The molecule has 5 heteroatoms.